The lowest BCUT2D eigenvalue weighted by Gasteiger charge is -2.11. The van der Waals surface area contributed by atoms with Gasteiger partial charge in [0, 0.05) is 0 Å². The smallest absolute Gasteiger partial charge is 0.145 e. The van der Waals surface area contributed by atoms with E-state index in [1.807, 2.05) is 66.7 Å². The van der Waals surface area contributed by atoms with Gasteiger partial charge in [-0.1, -0.05) is 34.7 Å². The molecule has 2 heterocycles. The molecule has 2 aromatic heterocycles. The zero-order valence-electron chi connectivity index (χ0n) is 13.6. The largest absolute Gasteiger partial charge is 0.488 e. The Labute approximate surface area is 148 Å². The van der Waals surface area contributed by atoms with E-state index in [2.05, 4.69) is 27.7 Å². The molecule has 0 fully saturated rings. The van der Waals surface area contributed by atoms with Crippen LogP contribution < -0.4 is 4.74 Å². The first-order chi connectivity index (χ1) is 12.8. The van der Waals surface area contributed by atoms with Crippen molar-refractivity contribution in [3.05, 3.63) is 73.8 Å². The summed E-state index contributed by atoms with van der Waals surface area (Å²) in [6.07, 6.45) is 0. The van der Waals surface area contributed by atoms with E-state index in [0.29, 0.717) is 5.75 Å². The Hall–Kier alpha value is -3.74. The van der Waals surface area contributed by atoms with E-state index in [1.165, 1.54) is 0 Å². The van der Waals surface area contributed by atoms with E-state index < -0.39 is 0 Å². The molecule has 1 radical (unpaired) electrons. The van der Waals surface area contributed by atoms with E-state index in [4.69, 9.17) is 4.74 Å². The number of rotatable bonds is 3. The molecule has 7 heteroatoms. The number of ether oxygens (including phenoxy) is 1. The summed E-state index contributed by atoms with van der Waals surface area (Å²) in [5.74, 6) is 0.592. The normalized spacial score (nSPS) is 11.3. The Kier molecular flexibility index (Phi) is 3.18. The van der Waals surface area contributed by atoms with E-state index >= 15 is 0 Å². The van der Waals surface area contributed by atoms with Gasteiger partial charge in [0.15, 0.2) is 0 Å². The molecule has 5 rings (SSSR count). The number of nitrogens with zero attached hydrogens (tertiary/aromatic N) is 6. The molecule has 7 nitrogen and oxygen atoms in total. The summed E-state index contributed by atoms with van der Waals surface area (Å²) in [5, 5.41) is 17.0. The summed E-state index contributed by atoms with van der Waals surface area (Å²) in [6.45, 7) is 0. The number of para-hydroxylation sites is 2. The van der Waals surface area contributed by atoms with Crippen LogP contribution in [0.25, 0.3) is 33.4 Å². The minimum absolute atomic E-state index is 0.592. The fraction of sp³-hybridized carbons (Fsp3) is 0. The van der Waals surface area contributed by atoms with Crippen LogP contribution in [0.5, 0.6) is 5.75 Å². The van der Waals surface area contributed by atoms with Gasteiger partial charge in [0.25, 0.3) is 0 Å². The third-order valence-corrected chi connectivity index (χ3v) is 4.27. The highest BCUT2D eigenvalue weighted by molar-refractivity contribution is 5.78. The molecule has 0 saturated heterocycles. The van der Waals surface area contributed by atoms with Crippen molar-refractivity contribution in [2.75, 3.05) is 0 Å². The second kappa shape index (κ2) is 5.66. The second-order valence-electron chi connectivity index (χ2n) is 5.78. The van der Waals surface area contributed by atoms with Gasteiger partial charge in [-0.3, -0.25) is 0 Å². The summed E-state index contributed by atoms with van der Waals surface area (Å²) in [7, 11) is 3.55. The van der Waals surface area contributed by atoms with Gasteiger partial charge in [-0.2, -0.15) is 0 Å². The lowest BCUT2D eigenvalue weighted by Crippen LogP contribution is -2.03. The van der Waals surface area contributed by atoms with Gasteiger partial charge in [-0.05, 0) is 42.5 Å². The van der Waals surface area contributed by atoms with Crippen molar-refractivity contribution in [2.24, 2.45) is 0 Å². The maximum Gasteiger partial charge on any atom is 0.145 e. The maximum absolute atomic E-state index is 5.29. The summed E-state index contributed by atoms with van der Waals surface area (Å²) in [6, 6.07) is 21.2. The number of fused-ring (bicyclic) bond motifs is 2. The zero-order valence-corrected chi connectivity index (χ0v) is 13.6. The van der Waals surface area contributed by atoms with Crippen molar-refractivity contribution in [3.63, 3.8) is 0 Å². The topological polar surface area (TPSA) is 70.7 Å². The van der Waals surface area contributed by atoms with Crippen LogP contribution in [0.2, 0.25) is 0 Å². The number of benzene rings is 3. The monoisotopic (exact) mass is 341 g/mol. The Morgan fingerprint density at radius 2 is 1.35 bits per heavy atom. The molecule has 0 N–H and O–H groups in total. The van der Waals surface area contributed by atoms with Crippen LogP contribution in [-0.2, 0) is 0 Å². The molecule has 0 atom stereocenters. The Morgan fingerprint density at radius 1 is 0.731 bits per heavy atom. The molecule has 3 aromatic carbocycles. The summed E-state index contributed by atoms with van der Waals surface area (Å²) < 4.78 is 8.81. The van der Waals surface area contributed by atoms with E-state index in [9.17, 15) is 0 Å². The molecule has 0 aliphatic rings. The lowest BCUT2D eigenvalue weighted by atomic mass is 10.2. The SMILES string of the molecule is [CH2]Oc1ccc(-n2nnc3ccccc32)cc1-n1nnc2ccccc21. The molecule has 0 unspecified atom stereocenters. The number of aromatic nitrogens is 6. The summed E-state index contributed by atoms with van der Waals surface area (Å²) in [5.41, 5.74) is 5.01. The molecular formula is C19H13N6O. The van der Waals surface area contributed by atoms with Crippen molar-refractivity contribution in [2.45, 2.75) is 0 Å². The van der Waals surface area contributed by atoms with E-state index in [1.54, 1.807) is 9.36 Å². The van der Waals surface area contributed by atoms with Crippen LogP contribution in [0.15, 0.2) is 66.7 Å². The zero-order chi connectivity index (χ0) is 17.5. The molecule has 0 spiro atoms. The molecule has 125 valence electrons. The molecule has 0 aliphatic carbocycles. The van der Waals surface area contributed by atoms with E-state index in [-0.39, 0.29) is 0 Å². The summed E-state index contributed by atoms with van der Waals surface area (Å²) >= 11 is 0. The third-order valence-electron chi connectivity index (χ3n) is 4.27. The Bertz CT molecular complexity index is 1240. The summed E-state index contributed by atoms with van der Waals surface area (Å²) in [4.78, 5) is 0. The third kappa shape index (κ3) is 2.14. The minimum Gasteiger partial charge on any atom is -0.488 e. The molecule has 0 amide bonds. The van der Waals surface area contributed by atoms with Crippen LogP contribution in [0.1, 0.15) is 0 Å². The van der Waals surface area contributed by atoms with Gasteiger partial charge in [-0.15, -0.1) is 10.2 Å². The Morgan fingerprint density at radius 3 is 2.04 bits per heavy atom. The standard InChI is InChI=1S/C19H13N6O/c1-26-19-11-10-13(24-16-8-4-2-6-14(16)20-22-24)12-18(19)25-17-9-5-3-7-15(17)21-23-25/h2-12H,1H2. The highest BCUT2D eigenvalue weighted by Gasteiger charge is 2.14. The van der Waals surface area contributed by atoms with Gasteiger partial charge in [0.2, 0.25) is 0 Å². The average molecular weight is 341 g/mol. The maximum atomic E-state index is 5.29. The van der Waals surface area contributed by atoms with E-state index in [0.717, 1.165) is 33.4 Å². The van der Waals surface area contributed by atoms with Crippen molar-refractivity contribution < 1.29 is 4.74 Å². The minimum atomic E-state index is 0.592. The predicted octanol–water partition coefficient (Wildman–Crippen LogP) is 3.32. The van der Waals surface area contributed by atoms with Gasteiger partial charge in [0.05, 0.1) is 16.7 Å². The fourth-order valence-corrected chi connectivity index (χ4v) is 3.03. The first-order valence-electron chi connectivity index (χ1n) is 8.03. The molecular weight excluding hydrogens is 328 g/mol. The molecule has 0 aliphatic heterocycles. The first-order valence-corrected chi connectivity index (χ1v) is 8.03. The van der Waals surface area contributed by atoms with Crippen LogP contribution in [0.4, 0.5) is 0 Å². The van der Waals surface area contributed by atoms with Crippen molar-refractivity contribution in [1.82, 2.24) is 30.0 Å². The first kappa shape index (κ1) is 14.6. The molecule has 0 bridgehead atoms. The lowest BCUT2D eigenvalue weighted by molar-refractivity contribution is 0.468. The van der Waals surface area contributed by atoms with Crippen LogP contribution >= 0.6 is 0 Å². The predicted molar refractivity (Wildman–Crippen MR) is 97.3 cm³/mol. The van der Waals surface area contributed by atoms with Gasteiger partial charge in [-0.25, -0.2) is 9.36 Å². The number of hydrogen-bond acceptors (Lipinski definition) is 5. The van der Waals surface area contributed by atoms with Gasteiger partial charge < -0.3 is 4.74 Å². The quantitative estimate of drug-likeness (QED) is 0.503. The molecule has 0 saturated carbocycles. The molecule has 5 aromatic rings. The second-order valence-corrected chi connectivity index (χ2v) is 5.78. The van der Waals surface area contributed by atoms with Gasteiger partial charge in [0.1, 0.15) is 29.6 Å². The fourth-order valence-electron chi connectivity index (χ4n) is 3.03. The number of hydrogen-bond donors (Lipinski definition) is 0. The highest BCUT2D eigenvalue weighted by atomic mass is 16.5. The van der Waals surface area contributed by atoms with Crippen LogP contribution in [0.3, 0.4) is 0 Å². The van der Waals surface area contributed by atoms with Crippen molar-refractivity contribution >= 4 is 22.1 Å². The average Bonchev–Trinajstić information content (AvgIpc) is 3.32. The van der Waals surface area contributed by atoms with Crippen LogP contribution in [0, 0.1) is 7.11 Å². The Balaban J connectivity index is 1.74. The van der Waals surface area contributed by atoms with Crippen molar-refractivity contribution in [3.8, 4) is 17.1 Å². The van der Waals surface area contributed by atoms with Crippen LogP contribution in [-0.4, -0.2) is 30.0 Å². The molecule has 26 heavy (non-hydrogen) atoms. The van der Waals surface area contributed by atoms with Gasteiger partial charge >= 0.3 is 0 Å². The highest BCUT2D eigenvalue weighted by Crippen LogP contribution is 2.28. The van der Waals surface area contributed by atoms with Crippen molar-refractivity contribution in [1.29, 1.82) is 0 Å².